The fourth-order valence-corrected chi connectivity index (χ4v) is 3.35. The molecule has 1 heterocycles. The lowest BCUT2D eigenvalue weighted by Crippen LogP contribution is -2.42. The Labute approximate surface area is 112 Å². The van der Waals surface area contributed by atoms with E-state index in [0.29, 0.717) is 16.9 Å². The zero-order valence-corrected chi connectivity index (χ0v) is 11.0. The van der Waals surface area contributed by atoms with Gasteiger partial charge in [0.05, 0.1) is 12.5 Å². The van der Waals surface area contributed by atoms with Gasteiger partial charge in [-0.25, -0.2) is 0 Å². The molecule has 96 valence electrons. The molecule has 2 N–H and O–H groups in total. The minimum Gasteiger partial charge on any atom is -0.463 e. The van der Waals surface area contributed by atoms with Crippen LogP contribution in [-0.2, 0) is 0 Å². The third-order valence-electron chi connectivity index (χ3n) is 3.96. The Kier molecular flexibility index (Phi) is 3.32. The second-order valence-corrected chi connectivity index (χ2v) is 5.55. The number of rotatable bonds is 3. The monoisotopic (exact) mass is 263 g/mol. The van der Waals surface area contributed by atoms with E-state index >= 15 is 0 Å². The van der Waals surface area contributed by atoms with Crippen molar-refractivity contribution in [3.8, 4) is 0 Å². The van der Waals surface area contributed by atoms with E-state index in [2.05, 4.69) is 15.8 Å². The normalized spacial score (nSPS) is 29.9. The van der Waals surface area contributed by atoms with Crippen molar-refractivity contribution >= 4 is 23.5 Å². The lowest BCUT2D eigenvalue weighted by Gasteiger charge is -2.23. The molecule has 2 aliphatic carbocycles. The first-order valence-electron chi connectivity index (χ1n) is 6.44. The maximum absolute atomic E-state index is 5.23. The molecule has 0 aliphatic heterocycles. The lowest BCUT2D eigenvalue weighted by molar-refractivity contribution is 0.389. The van der Waals surface area contributed by atoms with Crippen LogP contribution in [0.2, 0.25) is 0 Å². The van der Waals surface area contributed by atoms with Crippen molar-refractivity contribution in [3.63, 3.8) is 0 Å². The van der Waals surface area contributed by atoms with Crippen LogP contribution in [0.3, 0.4) is 0 Å². The molecule has 4 nitrogen and oxygen atoms in total. The SMILES string of the molecule is S=C(N/N=C\c1ccco1)N[C@H]1C[C@H]2CC[C@@H]1C2. The molecule has 2 aliphatic rings. The van der Waals surface area contributed by atoms with E-state index in [9.17, 15) is 0 Å². The first-order valence-corrected chi connectivity index (χ1v) is 6.85. The highest BCUT2D eigenvalue weighted by atomic mass is 32.1. The third-order valence-corrected chi connectivity index (χ3v) is 4.16. The van der Waals surface area contributed by atoms with Gasteiger partial charge in [-0.2, -0.15) is 5.10 Å². The molecule has 2 bridgehead atoms. The maximum Gasteiger partial charge on any atom is 0.187 e. The Morgan fingerprint density at radius 2 is 2.39 bits per heavy atom. The van der Waals surface area contributed by atoms with Crippen LogP contribution < -0.4 is 10.7 Å². The molecule has 5 heteroatoms. The van der Waals surface area contributed by atoms with E-state index in [0.717, 1.165) is 11.8 Å². The van der Waals surface area contributed by atoms with Gasteiger partial charge in [-0.1, -0.05) is 6.42 Å². The minimum absolute atomic E-state index is 0.544. The van der Waals surface area contributed by atoms with Crippen LogP contribution in [0.15, 0.2) is 27.9 Å². The predicted octanol–water partition coefficient (Wildman–Crippen LogP) is 2.27. The number of thiocarbonyl (C=S) groups is 1. The average Bonchev–Trinajstić information content (AvgIpc) is 3.04. The first-order chi connectivity index (χ1) is 8.81. The lowest BCUT2D eigenvalue weighted by atomic mass is 9.96. The topological polar surface area (TPSA) is 49.6 Å². The Balaban J connectivity index is 1.45. The first kappa shape index (κ1) is 11.7. The number of hydrazone groups is 1. The highest BCUT2D eigenvalue weighted by Gasteiger charge is 2.39. The molecule has 1 aromatic heterocycles. The van der Waals surface area contributed by atoms with Crippen LogP contribution in [0.4, 0.5) is 0 Å². The van der Waals surface area contributed by atoms with Crippen molar-refractivity contribution in [3.05, 3.63) is 24.2 Å². The summed E-state index contributed by atoms with van der Waals surface area (Å²) < 4.78 is 5.14. The highest BCUT2D eigenvalue weighted by molar-refractivity contribution is 7.80. The third kappa shape index (κ3) is 2.56. The maximum atomic E-state index is 5.23. The van der Waals surface area contributed by atoms with Crippen LogP contribution in [0, 0.1) is 11.8 Å². The molecule has 2 saturated carbocycles. The van der Waals surface area contributed by atoms with Crippen LogP contribution in [0.1, 0.15) is 31.4 Å². The summed E-state index contributed by atoms with van der Waals surface area (Å²) in [5.41, 5.74) is 2.84. The van der Waals surface area contributed by atoms with E-state index in [1.54, 1.807) is 12.5 Å². The molecule has 0 unspecified atom stereocenters. The number of hydrogen-bond donors (Lipinski definition) is 2. The van der Waals surface area contributed by atoms with Gasteiger partial charge in [0.2, 0.25) is 0 Å². The van der Waals surface area contributed by atoms with Crippen molar-refractivity contribution in [2.24, 2.45) is 16.9 Å². The van der Waals surface area contributed by atoms with E-state index in [1.165, 1.54) is 25.7 Å². The molecule has 1 aromatic rings. The smallest absolute Gasteiger partial charge is 0.187 e. The summed E-state index contributed by atoms with van der Waals surface area (Å²) in [6.45, 7) is 0. The van der Waals surface area contributed by atoms with Crippen LogP contribution >= 0.6 is 12.2 Å². The Bertz CT molecular complexity index is 443. The molecule has 0 radical (unpaired) electrons. The number of furan rings is 1. The highest BCUT2D eigenvalue weighted by Crippen LogP contribution is 2.44. The van der Waals surface area contributed by atoms with Gasteiger partial charge in [0.25, 0.3) is 0 Å². The molecule has 0 aromatic carbocycles. The van der Waals surface area contributed by atoms with Gasteiger partial charge >= 0.3 is 0 Å². The van der Waals surface area contributed by atoms with Gasteiger partial charge in [-0.05, 0) is 55.4 Å². The van der Waals surface area contributed by atoms with E-state index in [-0.39, 0.29) is 0 Å². The zero-order valence-electron chi connectivity index (χ0n) is 10.1. The van der Waals surface area contributed by atoms with Crippen molar-refractivity contribution in [1.82, 2.24) is 10.7 Å². The summed E-state index contributed by atoms with van der Waals surface area (Å²) in [6.07, 6.45) is 8.62. The van der Waals surface area contributed by atoms with E-state index in [4.69, 9.17) is 16.6 Å². The largest absolute Gasteiger partial charge is 0.463 e. The van der Waals surface area contributed by atoms with Gasteiger partial charge in [-0.15, -0.1) is 0 Å². The van der Waals surface area contributed by atoms with E-state index in [1.807, 2.05) is 12.1 Å². The minimum atomic E-state index is 0.544. The molecule has 3 rings (SSSR count). The molecule has 2 fully saturated rings. The van der Waals surface area contributed by atoms with Crippen LogP contribution in [0.5, 0.6) is 0 Å². The predicted molar refractivity (Wildman–Crippen MR) is 74.4 cm³/mol. The summed E-state index contributed by atoms with van der Waals surface area (Å²) in [6, 6.07) is 4.22. The Morgan fingerprint density at radius 1 is 1.44 bits per heavy atom. The quantitative estimate of drug-likeness (QED) is 0.499. The summed E-state index contributed by atoms with van der Waals surface area (Å²) in [5.74, 6) is 2.44. The van der Waals surface area contributed by atoms with Gasteiger partial charge in [-0.3, -0.25) is 5.43 Å². The Morgan fingerprint density at radius 3 is 3.06 bits per heavy atom. The zero-order chi connectivity index (χ0) is 12.4. The second-order valence-electron chi connectivity index (χ2n) is 5.14. The number of nitrogens with zero attached hydrogens (tertiary/aromatic N) is 1. The molecule has 0 spiro atoms. The molecule has 18 heavy (non-hydrogen) atoms. The van der Waals surface area contributed by atoms with Gasteiger partial charge in [0.15, 0.2) is 5.11 Å². The summed E-state index contributed by atoms with van der Waals surface area (Å²) >= 11 is 5.23. The number of nitrogens with one attached hydrogen (secondary N) is 2. The van der Waals surface area contributed by atoms with Crippen molar-refractivity contribution in [1.29, 1.82) is 0 Å². The van der Waals surface area contributed by atoms with Gasteiger partial charge < -0.3 is 9.73 Å². The van der Waals surface area contributed by atoms with Gasteiger partial charge in [0.1, 0.15) is 5.76 Å². The summed E-state index contributed by atoms with van der Waals surface area (Å²) in [5, 5.41) is 8.02. The molecule has 3 atom stereocenters. The van der Waals surface area contributed by atoms with Crippen molar-refractivity contribution < 1.29 is 4.42 Å². The average molecular weight is 263 g/mol. The molecule has 0 saturated heterocycles. The van der Waals surface area contributed by atoms with Crippen molar-refractivity contribution in [2.75, 3.05) is 0 Å². The summed E-state index contributed by atoms with van der Waals surface area (Å²) in [4.78, 5) is 0. The van der Waals surface area contributed by atoms with Crippen LogP contribution in [-0.4, -0.2) is 17.4 Å². The standard InChI is InChI=1S/C13H17N3OS/c18-13(16-14-8-11-2-1-5-17-11)15-12-7-9-3-4-10(12)6-9/h1-2,5,8-10,12H,3-4,6-7H2,(H2,15,16,18)/b14-8-/t9-,10+,12-/m0/s1. The Hall–Kier alpha value is -1.36. The number of fused-ring (bicyclic) bond motifs is 2. The van der Waals surface area contributed by atoms with Crippen molar-refractivity contribution in [2.45, 2.75) is 31.7 Å². The fraction of sp³-hybridized carbons (Fsp3) is 0.538. The molecule has 0 amide bonds. The van der Waals surface area contributed by atoms with E-state index < -0.39 is 0 Å². The molecular formula is C13H17N3OS. The fourth-order valence-electron chi connectivity index (χ4n) is 3.14. The number of hydrogen-bond acceptors (Lipinski definition) is 3. The van der Waals surface area contributed by atoms with Crippen LogP contribution in [0.25, 0.3) is 0 Å². The second kappa shape index (κ2) is 5.10. The van der Waals surface area contributed by atoms with Gasteiger partial charge in [0, 0.05) is 6.04 Å². The summed E-state index contributed by atoms with van der Waals surface area (Å²) in [7, 11) is 0. The molecular weight excluding hydrogens is 246 g/mol.